The lowest BCUT2D eigenvalue weighted by atomic mass is 9.88. The minimum Gasteiger partial charge on any atom is -0.450 e. The van der Waals surface area contributed by atoms with Gasteiger partial charge in [0.2, 0.25) is 0 Å². The van der Waals surface area contributed by atoms with Gasteiger partial charge in [0, 0.05) is 18.5 Å². The standard InChI is InChI=1S/C13H23NO3/c1-2-17-13(16)14-9-4-3-7-11(14)10-6-5-8-12(10)15/h10-12,15H,2-9H2,1H3. The summed E-state index contributed by atoms with van der Waals surface area (Å²) in [5, 5.41) is 9.99. The monoisotopic (exact) mass is 241 g/mol. The molecule has 1 aliphatic carbocycles. The molecule has 3 atom stereocenters. The maximum atomic E-state index is 11.9. The first-order valence-corrected chi connectivity index (χ1v) is 6.85. The van der Waals surface area contributed by atoms with Crippen LogP contribution in [-0.2, 0) is 4.74 Å². The number of aliphatic hydroxyl groups excluding tert-OH is 1. The van der Waals surface area contributed by atoms with Crippen LogP contribution in [0, 0.1) is 5.92 Å². The lowest BCUT2D eigenvalue weighted by Crippen LogP contribution is -2.49. The number of ether oxygens (including phenoxy) is 1. The Hall–Kier alpha value is -0.770. The van der Waals surface area contributed by atoms with Crippen LogP contribution in [0.25, 0.3) is 0 Å². The zero-order chi connectivity index (χ0) is 12.3. The quantitative estimate of drug-likeness (QED) is 0.806. The van der Waals surface area contributed by atoms with Gasteiger partial charge in [0.15, 0.2) is 0 Å². The first-order chi connectivity index (χ1) is 8.24. The molecule has 3 unspecified atom stereocenters. The van der Waals surface area contributed by atoms with Crippen molar-refractivity contribution in [3.05, 3.63) is 0 Å². The van der Waals surface area contributed by atoms with Gasteiger partial charge in [0.1, 0.15) is 0 Å². The molecule has 0 aromatic heterocycles. The highest BCUT2D eigenvalue weighted by molar-refractivity contribution is 5.68. The van der Waals surface area contributed by atoms with Crippen LogP contribution in [0.4, 0.5) is 4.79 Å². The Morgan fingerprint density at radius 1 is 1.29 bits per heavy atom. The Kier molecular flexibility index (Phi) is 4.26. The fourth-order valence-electron chi connectivity index (χ4n) is 3.25. The number of carbonyl (C=O) groups excluding carboxylic acids is 1. The second-order valence-electron chi connectivity index (χ2n) is 5.12. The van der Waals surface area contributed by atoms with Crippen LogP contribution in [0.5, 0.6) is 0 Å². The molecule has 4 heteroatoms. The molecule has 0 spiro atoms. The van der Waals surface area contributed by atoms with Crippen molar-refractivity contribution < 1.29 is 14.6 Å². The van der Waals surface area contributed by atoms with E-state index in [1.807, 2.05) is 11.8 Å². The minimum atomic E-state index is -0.227. The molecule has 0 bridgehead atoms. The van der Waals surface area contributed by atoms with E-state index < -0.39 is 0 Å². The second kappa shape index (κ2) is 5.71. The highest BCUT2D eigenvalue weighted by Crippen LogP contribution is 2.35. The van der Waals surface area contributed by atoms with Crippen molar-refractivity contribution in [3.8, 4) is 0 Å². The molecule has 1 amide bonds. The summed E-state index contributed by atoms with van der Waals surface area (Å²) in [5.41, 5.74) is 0. The molecule has 1 N–H and O–H groups in total. The summed E-state index contributed by atoms with van der Waals surface area (Å²) in [6, 6.07) is 0.195. The molecule has 1 heterocycles. The third-order valence-electron chi connectivity index (χ3n) is 4.08. The van der Waals surface area contributed by atoms with E-state index in [2.05, 4.69) is 0 Å². The molecular weight excluding hydrogens is 218 g/mol. The van der Waals surface area contributed by atoms with Crippen LogP contribution in [0.2, 0.25) is 0 Å². The summed E-state index contributed by atoms with van der Waals surface area (Å²) in [5.74, 6) is 0.264. The fourth-order valence-corrected chi connectivity index (χ4v) is 3.25. The summed E-state index contributed by atoms with van der Waals surface area (Å²) >= 11 is 0. The molecule has 17 heavy (non-hydrogen) atoms. The predicted octanol–water partition coefficient (Wildman–Crippen LogP) is 2.16. The zero-order valence-corrected chi connectivity index (χ0v) is 10.6. The minimum absolute atomic E-state index is 0.195. The van der Waals surface area contributed by atoms with Crippen molar-refractivity contribution in [2.24, 2.45) is 5.92 Å². The van der Waals surface area contributed by atoms with E-state index in [0.29, 0.717) is 6.61 Å². The average Bonchev–Trinajstić information content (AvgIpc) is 2.76. The van der Waals surface area contributed by atoms with Gasteiger partial charge in [-0.2, -0.15) is 0 Å². The van der Waals surface area contributed by atoms with Gasteiger partial charge >= 0.3 is 6.09 Å². The van der Waals surface area contributed by atoms with Gasteiger partial charge in [0.25, 0.3) is 0 Å². The maximum absolute atomic E-state index is 11.9. The van der Waals surface area contributed by atoms with E-state index in [1.165, 1.54) is 0 Å². The maximum Gasteiger partial charge on any atom is 0.410 e. The van der Waals surface area contributed by atoms with E-state index >= 15 is 0 Å². The van der Waals surface area contributed by atoms with Gasteiger partial charge in [-0.15, -0.1) is 0 Å². The topological polar surface area (TPSA) is 49.8 Å². The SMILES string of the molecule is CCOC(=O)N1CCCCC1C1CCCC1O. The zero-order valence-electron chi connectivity index (χ0n) is 10.6. The highest BCUT2D eigenvalue weighted by atomic mass is 16.6. The Bertz CT molecular complexity index is 269. The molecule has 1 aliphatic heterocycles. The lowest BCUT2D eigenvalue weighted by Gasteiger charge is -2.39. The van der Waals surface area contributed by atoms with Crippen molar-refractivity contribution in [1.82, 2.24) is 4.90 Å². The largest absolute Gasteiger partial charge is 0.450 e. The molecule has 4 nitrogen and oxygen atoms in total. The van der Waals surface area contributed by atoms with Crippen LogP contribution < -0.4 is 0 Å². The number of likely N-dealkylation sites (tertiary alicyclic amines) is 1. The van der Waals surface area contributed by atoms with Gasteiger partial charge in [-0.3, -0.25) is 0 Å². The second-order valence-corrected chi connectivity index (χ2v) is 5.12. The highest BCUT2D eigenvalue weighted by Gasteiger charge is 2.39. The Morgan fingerprint density at radius 2 is 2.12 bits per heavy atom. The number of nitrogens with zero attached hydrogens (tertiary/aromatic N) is 1. The first-order valence-electron chi connectivity index (χ1n) is 6.85. The smallest absolute Gasteiger partial charge is 0.410 e. The van der Waals surface area contributed by atoms with Crippen LogP contribution >= 0.6 is 0 Å². The number of hydrogen-bond donors (Lipinski definition) is 1. The number of amides is 1. The van der Waals surface area contributed by atoms with Crippen LogP contribution in [0.3, 0.4) is 0 Å². The molecular formula is C13H23NO3. The molecule has 98 valence electrons. The van der Waals surface area contributed by atoms with Gasteiger partial charge < -0.3 is 14.7 Å². The lowest BCUT2D eigenvalue weighted by molar-refractivity contribution is 0.0264. The van der Waals surface area contributed by atoms with Crippen LogP contribution in [0.15, 0.2) is 0 Å². The van der Waals surface area contributed by atoms with E-state index in [4.69, 9.17) is 4.74 Å². The third kappa shape index (κ3) is 2.73. The molecule has 2 aliphatic rings. The molecule has 0 aromatic rings. The van der Waals surface area contributed by atoms with E-state index in [1.54, 1.807) is 0 Å². The normalized spacial score (nSPS) is 33.8. The summed E-state index contributed by atoms with van der Waals surface area (Å²) in [4.78, 5) is 13.7. The number of carbonyl (C=O) groups is 1. The van der Waals surface area contributed by atoms with Gasteiger partial charge in [0.05, 0.1) is 12.7 Å². The summed E-state index contributed by atoms with van der Waals surface area (Å²) in [6.45, 7) is 3.04. The first kappa shape index (κ1) is 12.7. The predicted molar refractivity (Wildman–Crippen MR) is 64.7 cm³/mol. The van der Waals surface area contributed by atoms with Gasteiger partial charge in [-0.05, 0) is 39.0 Å². The summed E-state index contributed by atoms with van der Waals surface area (Å²) in [7, 11) is 0. The van der Waals surface area contributed by atoms with Crippen molar-refractivity contribution in [1.29, 1.82) is 0 Å². The van der Waals surface area contributed by atoms with Crippen molar-refractivity contribution in [2.75, 3.05) is 13.2 Å². The number of piperidine rings is 1. The van der Waals surface area contributed by atoms with Crippen molar-refractivity contribution in [2.45, 2.75) is 57.6 Å². The van der Waals surface area contributed by atoms with E-state index in [-0.39, 0.29) is 24.2 Å². The van der Waals surface area contributed by atoms with Crippen molar-refractivity contribution >= 4 is 6.09 Å². The summed E-state index contributed by atoms with van der Waals surface area (Å²) < 4.78 is 5.11. The Labute approximate surface area is 103 Å². The van der Waals surface area contributed by atoms with Gasteiger partial charge in [-0.25, -0.2) is 4.79 Å². The van der Waals surface area contributed by atoms with E-state index in [9.17, 15) is 9.90 Å². The number of hydrogen-bond acceptors (Lipinski definition) is 3. The fraction of sp³-hybridized carbons (Fsp3) is 0.923. The molecule has 1 saturated carbocycles. The molecule has 2 rings (SSSR count). The summed E-state index contributed by atoms with van der Waals surface area (Å²) in [6.07, 6.45) is 5.81. The molecule has 1 saturated heterocycles. The third-order valence-corrected chi connectivity index (χ3v) is 4.08. The van der Waals surface area contributed by atoms with Crippen molar-refractivity contribution in [3.63, 3.8) is 0 Å². The number of aliphatic hydroxyl groups is 1. The molecule has 0 radical (unpaired) electrons. The Balaban J connectivity index is 2.03. The van der Waals surface area contributed by atoms with E-state index in [0.717, 1.165) is 45.1 Å². The average molecular weight is 241 g/mol. The van der Waals surface area contributed by atoms with Gasteiger partial charge in [-0.1, -0.05) is 6.42 Å². The molecule has 2 fully saturated rings. The van der Waals surface area contributed by atoms with Crippen LogP contribution in [-0.4, -0.2) is 41.4 Å². The molecule has 0 aromatic carbocycles. The van der Waals surface area contributed by atoms with Crippen LogP contribution in [0.1, 0.15) is 45.4 Å². The Morgan fingerprint density at radius 3 is 2.76 bits per heavy atom. The number of rotatable bonds is 2.